The summed E-state index contributed by atoms with van der Waals surface area (Å²) in [4.78, 5) is 2.08. The summed E-state index contributed by atoms with van der Waals surface area (Å²) in [5.41, 5.74) is 0.207. The van der Waals surface area contributed by atoms with Crippen molar-refractivity contribution >= 4 is 33.2 Å². The Hall–Kier alpha value is -1.86. The van der Waals surface area contributed by atoms with Gasteiger partial charge in [-0.25, -0.2) is 8.42 Å². The molecule has 33 heavy (non-hydrogen) atoms. The number of aliphatic hydroxyl groups is 1. The molecule has 2 atom stereocenters. The van der Waals surface area contributed by atoms with Crippen LogP contribution in [0.25, 0.3) is 0 Å². The molecule has 2 aliphatic heterocycles. The molecule has 1 unspecified atom stereocenters. The van der Waals surface area contributed by atoms with E-state index in [9.17, 15) is 18.8 Å². The first-order valence-corrected chi connectivity index (χ1v) is 13.1. The van der Waals surface area contributed by atoms with Crippen molar-refractivity contribution in [1.82, 2.24) is 9.21 Å². The van der Waals surface area contributed by atoms with Crippen LogP contribution in [0.5, 0.6) is 11.5 Å². The van der Waals surface area contributed by atoms with Gasteiger partial charge in [0.15, 0.2) is 0 Å². The van der Waals surface area contributed by atoms with Gasteiger partial charge in [-0.1, -0.05) is 23.2 Å². The number of likely N-dealkylation sites (tertiary alicyclic amines) is 1. The van der Waals surface area contributed by atoms with Gasteiger partial charge in [0.25, 0.3) is 0 Å². The largest absolute Gasteiger partial charge is 0.456 e. The molecule has 2 saturated heterocycles. The van der Waals surface area contributed by atoms with Crippen LogP contribution in [0.2, 0.25) is 10.0 Å². The van der Waals surface area contributed by atoms with Crippen LogP contribution in [0.4, 0.5) is 0 Å². The van der Waals surface area contributed by atoms with Crippen molar-refractivity contribution in [2.75, 3.05) is 26.2 Å². The van der Waals surface area contributed by atoms with Crippen molar-refractivity contribution in [2.24, 2.45) is 0 Å². The number of nitriles is 1. The van der Waals surface area contributed by atoms with E-state index < -0.39 is 10.0 Å². The molecule has 0 aromatic heterocycles. The molecule has 1 N–H and O–H groups in total. The maximum Gasteiger partial charge on any atom is 0.247 e. The summed E-state index contributed by atoms with van der Waals surface area (Å²) in [6.45, 7) is 1.93. The molecule has 2 heterocycles. The molecule has 4 rings (SSSR count). The molecule has 2 aliphatic rings. The number of hydrogen-bond acceptors (Lipinski definition) is 6. The van der Waals surface area contributed by atoms with E-state index in [2.05, 4.69) is 4.90 Å². The Kier molecular flexibility index (Phi) is 7.49. The smallest absolute Gasteiger partial charge is 0.247 e. The third-order valence-electron chi connectivity index (χ3n) is 6.21. The van der Waals surface area contributed by atoms with Crippen LogP contribution < -0.4 is 4.74 Å². The summed E-state index contributed by atoms with van der Waals surface area (Å²) in [6.07, 6.45) is 3.45. The summed E-state index contributed by atoms with van der Waals surface area (Å²) >= 11 is 12.1. The van der Waals surface area contributed by atoms with E-state index >= 15 is 0 Å². The summed E-state index contributed by atoms with van der Waals surface area (Å²) in [5, 5.41) is 20.2. The molecular formula is C23H25Cl2N3O4S. The van der Waals surface area contributed by atoms with Gasteiger partial charge in [0.2, 0.25) is 10.0 Å². The maximum absolute atomic E-state index is 13.9. The molecule has 0 saturated carbocycles. The van der Waals surface area contributed by atoms with Gasteiger partial charge in [0.1, 0.15) is 16.4 Å². The summed E-state index contributed by atoms with van der Waals surface area (Å²) < 4.78 is 35.1. The molecule has 0 spiro atoms. The Morgan fingerprint density at radius 3 is 2.42 bits per heavy atom. The van der Waals surface area contributed by atoms with Crippen molar-refractivity contribution in [2.45, 2.75) is 42.7 Å². The molecule has 0 aliphatic carbocycles. The van der Waals surface area contributed by atoms with Crippen molar-refractivity contribution in [3.63, 3.8) is 0 Å². The molecular weight excluding hydrogens is 485 g/mol. The van der Waals surface area contributed by atoms with E-state index in [0.29, 0.717) is 29.4 Å². The third-order valence-corrected chi connectivity index (χ3v) is 8.59. The quantitative estimate of drug-likeness (QED) is 0.598. The normalized spacial score (nSPS) is 20.6. The minimum absolute atomic E-state index is 0.0831. The Labute approximate surface area is 204 Å². The van der Waals surface area contributed by atoms with Gasteiger partial charge in [-0.15, -0.1) is 0 Å². The molecule has 10 heteroatoms. The summed E-state index contributed by atoms with van der Waals surface area (Å²) in [5.74, 6) is 0.372. The minimum atomic E-state index is -4.02. The van der Waals surface area contributed by atoms with Crippen LogP contribution in [-0.4, -0.2) is 61.1 Å². The minimum Gasteiger partial charge on any atom is -0.456 e. The summed E-state index contributed by atoms with van der Waals surface area (Å²) in [7, 11) is -4.02. The van der Waals surface area contributed by atoms with Gasteiger partial charge >= 0.3 is 0 Å². The fraction of sp³-hybridized carbons (Fsp3) is 0.435. The second kappa shape index (κ2) is 10.2. The summed E-state index contributed by atoms with van der Waals surface area (Å²) in [6, 6.07) is 10.3. The second-order valence-electron chi connectivity index (χ2n) is 8.30. The highest BCUT2D eigenvalue weighted by atomic mass is 35.5. The van der Waals surface area contributed by atoms with Crippen LogP contribution in [-0.2, 0) is 10.0 Å². The lowest BCUT2D eigenvalue weighted by Gasteiger charge is -2.35. The number of halogens is 2. The highest BCUT2D eigenvalue weighted by Gasteiger charge is 2.43. The van der Waals surface area contributed by atoms with E-state index in [1.165, 1.54) is 34.6 Å². The van der Waals surface area contributed by atoms with Gasteiger partial charge in [-0.2, -0.15) is 9.57 Å². The van der Waals surface area contributed by atoms with E-state index in [-0.39, 0.29) is 40.6 Å². The van der Waals surface area contributed by atoms with Crippen LogP contribution in [0, 0.1) is 11.3 Å². The highest BCUT2D eigenvalue weighted by molar-refractivity contribution is 7.89. The highest BCUT2D eigenvalue weighted by Crippen LogP contribution is 2.37. The number of benzene rings is 2. The van der Waals surface area contributed by atoms with Gasteiger partial charge in [0, 0.05) is 28.7 Å². The fourth-order valence-corrected chi connectivity index (χ4v) is 7.08. The zero-order valence-electron chi connectivity index (χ0n) is 18.0. The van der Waals surface area contributed by atoms with Gasteiger partial charge in [-0.05, 0) is 75.2 Å². The van der Waals surface area contributed by atoms with Crippen LogP contribution in [0.3, 0.4) is 0 Å². The Bertz CT molecular complexity index is 1140. The number of aliphatic hydroxyl groups excluding tert-OH is 1. The standard InChI is InChI=1S/C23H25Cl2N3O4S/c24-17-11-18(25)13-19(12-17)32-22-6-5-16(14-26)10-23(22)33(30,31)28-9-3-4-20(28)21(15-29)27-7-1-2-8-27/h5-6,10-13,20-21,29H,1-4,7-9,15H2/t20-,21?/m0/s1. The topological polar surface area (TPSA) is 93.9 Å². The Morgan fingerprint density at radius 1 is 1.09 bits per heavy atom. The third kappa shape index (κ3) is 5.14. The van der Waals surface area contributed by atoms with Crippen LogP contribution >= 0.6 is 23.2 Å². The molecule has 7 nitrogen and oxygen atoms in total. The van der Waals surface area contributed by atoms with Crippen molar-refractivity contribution in [3.05, 3.63) is 52.0 Å². The number of ether oxygens (including phenoxy) is 1. The average molecular weight is 510 g/mol. The Morgan fingerprint density at radius 2 is 1.79 bits per heavy atom. The average Bonchev–Trinajstić information content (AvgIpc) is 3.47. The molecule has 2 aromatic rings. The lowest BCUT2D eigenvalue weighted by atomic mass is 10.1. The Balaban J connectivity index is 1.72. The van der Waals surface area contributed by atoms with E-state index in [4.69, 9.17) is 27.9 Å². The van der Waals surface area contributed by atoms with E-state index in [1.807, 2.05) is 6.07 Å². The molecule has 0 bridgehead atoms. The molecule has 2 aromatic carbocycles. The number of rotatable bonds is 7. The molecule has 2 fully saturated rings. The van der Waals surface area contributed by atoms with Gasteiger partial charge in [-0.3, -0.25) is 4.90 Å². The van der Waals surface area contributed by atoms with Crippen LogP contribution in [0.15, 0.2) is 41.3 Å². The zero-order valence-corrected chi connectivity index (χ0v) is 20.3. The first-order chi connectivity index (χ1) is 15.8. The van der Waals surface area contributed by atoms with Crippen molar-refractivity contribution in [3.8, 4) is 17.6 Å². The molecule has 0 amide bonds. The SMILES string of the molecule is N#Cc1ccc(Oc2cc(Cl)cc(Cl)c2)c(S(=O)(=O)N2CCC[C@H]2C(CO)N2CCCC2)c1. The van der Waals surface area contributed by atoms with Crippen LogP contribution in [0.1, 0.15) is 31.2 Å². The zero-order chi connectivity index (χ0) is 23.6. The second-order valence-corrected chi connectivity index (χ2v) is 11.0. The lowest BCUT2D eigenvalue weighted by molar-refractivity contribution is 0.0985. The molecule has 0 radical (unpaired) electrons. The first kappa shape index (κ1) is 24.3. The predicted molar refractivity (Wildman–Crippen MR) is 126 cm³/mol. The van der Waals surface area contributed by atoms with E-state index in [1.54, 1.807) is 6.07 Å². The number of hydrogen-bond donors (Lipinski definition) is 1. The monoisotopic (exact) mass is 509 g/mol. The molecule has 176 valence electrons. The van der Waals surface area contributed by atoms with Gasteiger partial charge < -0.3 is 9.84 Å². The lowest BCUT2D eigenvalue weighted by Crippen LogP contribution is -2.51. The number of sulfonamides is 1. The van der Waals surface area contributed by atoms with E-state index in [0.717, 1.165) is 25.9 Å². The first-order valence-electron chi connectivity index (χ1n) is 10.9. The predicted octanol–water partition coefficient (Wildman–Crippen LogP) is 4.27. The number of nitrogens with zero attached hydrogens (tertiary/aromatic N) is 3. The van der Waals surface area contributed by atoms with Gasteiger partial charge in [0.05, 0.1) is 18.2 Å². The fourth-order valence-electron chi connectivity index (χ4n) is 4.71. The van der Waals surface area contributed by atoms with Crippen molar-refractivity contribution < 1.29 is 18.3 Å². The maximum atomic E-state index is 13.9. The van der Waals surface area contributed by atoms with Crippen molar-refractivity contribution in [1.29, 1.82) is 5.26 Å².